The van der Waals surface area contributed by atoms with Crippen molar-refractivity contribution in [2.24, 2.45) is 0 Å². The third kappa shape index (κ3) is 6.77. The molecule has 3 aromatic rings. The summed E-state index contributed by atoms with van der Waals surface area (Å²) in [5, 5.41) is 4.15. The number of hydrogen-bond acceptors (Lipinski definition) is 5. The molecule has 0 spiro atoms. The van der Waals surface area contributed by atoms with Gasteiger partial charge in [-0.25, -0.2) is 4.98 Å². The van der Waals surface area contributed by atoms with E-state index in [0.717, 1.165) is 53.9 Å². The lowest BCUT2D eigenvalue weighted by Crippen LogP contribution is -2.56. The average molecular weight is 571 g/mol. The number of benzene rings is 1. The van der Waals surface area contributed by atoms with E-state index in [1.165, 1.54) is 17.3 Å². The number of imidazole rings is 1. The molecule has 10 heteroatoms. The molecule has 5 rings (SSSR count). The minimum absolute atomic E-state index is 0. The lowest BCUT2D eigenvalue weighted by atomic mass is 10.1. The highest BCUT2D eigenvalue weighted by atomic mass is 35.5. The van der Waals surface area contributed by atoms with Gasteiger partial charge in [0.05, 0.1) is 21.8 Å². The van der Waals surface area contributed by atoms with Crippen LogP contribution in [0.5, 0.6) is 0 Å². The van der Waals surface area contributed by atoms with E-state index in [1.54, 1.807) is 0 Å². The predicted molar refractivity (Wildman–Crippen MR) is 156 cm³/mol. The number of carbonyl (C=O) groups is 1. The summed E-state index contributed by atoms with van der Waals surface area (Å²) in [4.78, 5) is 23.1. The molecule has 1 saturated heterocycles. The molecule has 2 aromatic heterocycles. The summed E-state index contributed by atoms with van der Waals surface area (Å²) < 4.78 is 2.08. The minimum Gasteiger partial charge on any atom is -0.352 e. The molecule has 1 amide bonds. The number of nitrogens with zero attached hydrogens (tertiary/aromatic N) is 4. The maximum absolute atomic E-state index is 12.8. The van der Waals surface area contributed by atoms with Crippen molar-refractivity contribution in [3.63, 3.8) is 0 Å². The molecule has 2 aliphatic rings. The first-order valence-electron chi connectivity index (χ1n) is 11.7. The summed E-state index contributed by atoms with van der Waals surface area (Å²) >= 11 is 1.51. The van der Waals surface area contributed by atoms with Gasteiger partial charge in [-0.2, -0.15) is 0 Å². The molecule has 2 unspecified atom stereocenters. The molecule has 1 fully saturated rings. The molecule has 0 saturated carbocycles. The van der Waals surface area contributed by atoms with E-state index in [0.29, 0.717) is 18.6 Å². The van der Waals surface area contributed by atoms with Crippen LogP contribution in [0.2, 0.25) is 0 Å². The normalized spacial score (nSPS) is 19.4. The number of rotatable bonds is 7. The molecule has 0 radical (unpaired) electrons. The van der Waals surface area contributed by atoms with Gasteiger partial charge in [-0.3, -0.25) is 14.1 Å². The number of piperazine rings is 1. The van der Waals surface area contributed by atoms with Gasteiger partial charge in [0.25, 0.3) is 5.91 Å². The fourth-order valence-electron chi connectivity index (χ4n) is 4.94. The van der Waals surface area contributed by atoms with Gasteiger partial charge in [0.2, 0.25) is 0 Å². The van der Waals surface area contributed by atoms with Crippen molar-refractivity contribution in [2.75, 3.05) is 26.2 Å². The fraction of sp³-hybridized carbons (Fsp3) is 0.385. The SMILES string of the molecule is CC1CN(CCCNC(=O)C2=Cc3cnc4cccc(n34)S2)CC(C)N1Cc1ccccc1.Cl.Cl.Cl. The zero-order valence-electron chi connectivity index (χ0n) is 20.5. The van der Waals surface area contributed by atoms with Gasteiger partial charge in [-0.15, -0.1) is 37.2 Å². The summed E-state index contributed by atoms with van der Waals surface area (Å²) in [6.07, 6.45) is 4.71. The molecular weight excluding hydrogens is 537 g/mol. The number of nitrogens with one attached hydrogen (secondary N) is 1. The Bertz CT molecular complexity index is 1160. The zero-order valence-corrected chi connectivity index (χ0v) is 23.8. The van der Waals surface area contributed by atoms with Gasteiger partial charge < -0.3 is 10.2 Å². The molecule has 0 bridgehead atoms. The molecule has 196 valence electrons. The minimum atomic E-state index is -0.00105. The van der Waals surface area contributed by atoms with E-state index in [1.807, 2.05) is 30.5 Å². The van der Waals surface area contributed by atoms with E-state index in [2.05, 4.69) is 68.7 Å². The summed E-state index contributed by atoms with van der Waals surface area (Å²) in [6.45, 7) is 9.49. The average Bonchev–Trinajstić information content (AvgIpc) is 3.24. The Kier molecular flexibility index (Phi) is 11.6. The van der Waals surface area contributed by atoms with Gasteiger partial charge in [0.1, 0.15) is 5.65 Å². The highest BCUT2D eigenvalue weighted by Gasteiger charge is 2.29. The van der Waals surface area contributed by atoms with Crippen LogP contribution in [-0.2, 0) is 11.3 Å². The molecule has 4 heterocycles. The van der Waals surface area contributed by atoms with E-state index in [-0.39, 0.29) is 43.1 Å². The summed E-state index contributed by atoms with van der Waals surface area (Å²) in [7, 11) is 0. The standard InChI is InChI=1S/C26H31N5OS.3ClH/c1-19-16-29(17-20(2)30(19)18-21-8-4-3-5-9-21)13-7-12-27-26(32)23-14-22-15-28-24-10-6-11-25(33-23)31(22)24;;;/h3-6,8-11,14-15,19-20H,7,12-13,16-18H2,1-2H3,(H,27,32);3*1H. The van der Waals surface area contributed by atoms with Crippen LogP contribution in [0.3, 0.4) is 0 Å². The van der Waals surface area contributed by atoms with Crippen molar-refractivity contribution in [1.29, 1.82) is 0 Å². The monoisotopic (exact) mass is 569 g/mol. The fourth-order valence-corrected chi connectivity index (χ4v) is 5.95. The molecular formula is C26H34Cl3N5OS. The molecule has 0 aliphatic carbocycles. The second-order valence-electron chi connectivity index (χ2n) is 9.08. The lowest BCUT2D eigenvalue weighted by molar-refractivity contribution is -0.116. The maximum atomic E-state index is 12.8. The molecule has 6 nitrogen and oxygen atoms in total. The molecule has 1 aromatic carbocycles. The van der Waals surface area contributed by atoms with Crippen LogP contribution in [-0.4, -0.2) is 63.4 Å². The van der Waals surface area contributed by atoms with E-state index < -0.39 is 0 Å². The molecule has 36 heavy (non-hydrogen) atoms. The van der Waals surface area contributed by atoms with E-state index in [4.69, 9.17) is 0 Å². The topological polar surface area (TPSA) is 52.9 Å². The van der Waals surface area contributed by atoms with Gasteiger partial charge in [-0.1, -0.05) is 48.2 Å². The third-order valence-electron chi connectivity index (χ3n) is 6.56. The Balaban J connectivity index is 0.00000152. The molecule has 2 aliphatic heterocycles. The number of aromatic nitrogens is 2. The van der Waals surface area contributed by atoms with E-state index in [9.17, 15) is 4.79 Å². The first-order chi connectivity index (χ1) is 16.1. The van der Waals surface area contributed by atoms with Crippen molar-refractivity contribution in [2.45, 2.75) is 43.9 Å². The number of halogens is 3. The first-order valence-corrected chi connectivity index (χ1v) is 12.6. The quantitative estimate of drug-likeness (QED) is 0.398. The van der Waals surface area contributed by atoms with Crippen molar-refractivity contribution in [3.8, 4) is 0 Å². The van der Waals surface area contributed by atoms with Crippen LogP contribution in [0.15, 0.2) is 64.7 Å². The number of carbonyl (C=O) groups excluding carboxylic acids is 1. The van der Waals surface area contributed by atoms with Crippen LogP contribution < -0.4 is 5.32 Å². The second-order valence-corrected chi connectivity index (χ2v) is 10.1. The maximum Gasteiger partial charge on any atom is 0.258 e. The summed E-state index contributed by atoms with van der Waals surface area (Å²) in [5.74, 6) is -0.00105. The number of hydrogen-bond donors (Lipinski definition) is 1. The Morgan fingerprint density at radius 2 is 1.75 bits per heavy atom. The van der Waals surface area contributed by atoms with Gasteiger partial charge in [-0.05, 0) is 50.6 Å². The van der Waals surface area contributed by atoms with Crippen molar-refractivity contribution in [3.05, 3.63) is 70.9 Å². The van der Waals surface area contributed by atoms with Crippen molar-refractivity contribution < 1.29 is 4.79 Å². The van der Waals surface area contributed by atoms with Crippen molar-refractivity contribution >= 4 is 66.6 Å². The predicted octanol–water partition coefficient (Wildman–Crippen LogP) is 5.15. The molecule has 2 atom stereocenters. The van der Waals surface area contributed by atoms with Crippen molar-refractivity contribution in [1.82, 2.24) is 24.5 Å². The van der Waals surface area contributed by atoms with Crippen LogP contribution in [0, 0.1) is 0 Å². The van der Waals surface area contributed by atoms with Gasteiger partial charge in [0, 0.05) is 38.3 Å². The summed E-state index contributed by atoms with van der Waals surface area (Å²) in [6, 6.07) is 17.8. The van der Waals surface area contributed by atoms with Crippen LogP contribution in [0.25, 0.3) is 11.7 Å². The Hall–Kier alpha value is -1.74. The molecule has 1 N–H and O–H groups in total. The third-order valence-corrected chi connectivity index (χ3v) is 7.61. The number of pyridine rings is 1. The lowest BCUT2D eigenvalue weighted by Gasteiger charge is -2.44. The zero-order chi connectivity index (χ0) is 22.8. The second kappa shape index (κ2) is 13.7. The summed E-state index contributed by atoms with van der Waals surface area (Å²) in [5.41, 5.74) is 3.25. The van der Waals surface area contributed by atoms with Gasteiger partial charge >= 0.3 is 0 Å². The van der Waals surface area contributed by atoms with Crippen LogP contribution >= 0.6 is 49.0 Å². The smallest absolute Gasteiger partial charge is 0.258 e. The Labute approximate surface area is 236 Å². The van der Waals surface area contributed by atoms with E-state index >= 15 is 0 Å². The number of amides is 1. The largest absolute Gasteiger partial charge is 0.352 e. The van der Waals surface area contributed by atoms with Crippen LogP contribution in [0.4, 0.5) is 0 Å². The Morgan fingerprint density at radius 1 is 1.03 bits per heavy atom. The highest BCUT2D eigenvalue weighted by molar-refractivity contribution is 8.04. The highest BCUT2D eigenvalue weighted by Crippen LogP contribution is 2.34. The van der Waals surface area contributed by atoms with Crippen LogP contribution in [0.1, 0.15) is 31.5 Å². The Morgan fingerprint density at radius 3 is 2.47 bits per heavy atom. The first kappa shape index (κ1) is 30.5. The number of thioether (sulfide) groups is 1. The van der Waals surface area contributed by atoms with Gasteiger partial charge in [0.15, 0.2) is 0 Å².